The van der Waals surface area contributed by atoms with Gasteiger partial charge in [-0.3, -0.25) is 9.59 Å². The Kier molecular flexibility index (Phi) is 4.64. The van der Waals surface area contributed by atoms with Gasteiger partial charge < -0.3 is 15.2 Å². The monoisotopic (exact) mass is 329 g/mol. The number of benzene rings is 1. The molecule has 1 aliphatic heterocycles. The summed E-state index contributed by atoms with van der Waals surface area (Å²) < 4.78 is 12.9. The van der Waals surface area contributed by atoms with E-state index in [1.54, 1.807) is 29.3 Å². The predicted octanol–water partition coefficient (Wildman–Crippen LogP) is 2.04. The first kappa shape index (κ1) is 16.2. The summed E-state index contributed by atoms with van der Waals surface area (Å²) in [7, 11) is 0. The molecule has 1 saturated heterocycles. The molecular weight excluding hydrogens is 309 g/mol. The van der Waals surface area contributed by atoms with Crippen molar-refractivity contribution in [1.29, 1.82) is 0 Å². The van der Waals surface area contributed by atoms with Gasteiger partial charge in [-0.15, -0.1) is 0 Å². The predicted molar refractivity (Wildman–Crippen MR) is 88.1 cm³/mol. The Hall–Kier alpha value is -2.63. The van der Waals surface area contributed by atoms with Crippen molar-refractivity contribution < 1.29 is 14.0 Å². The van der Waals surface area contributed by atoms with E-state index in [0.717, 1.165) is 11.1 Å². The zero-order valence-corrected chi connectivity index (χ0v) is 13.5. The highest BCUT2D eigenvalue weighted by molar-refractivity contribution is 5.93. The molecule has 0 radical (unpaired) electrons. The van der Waals surface area contributed by atoms with Gasteiger partial charge in [-0.2, -0.15) is 0 Å². The molecule has 1 fully saturated rings. The third-order valence-corrected chi connectivity index (χ3v) is 4.21. The number of aryl methyl sites for hydroxylation is 1. The molecule has 2 aromatic rings. The number of amides is 2. The van der Waals surface area contributed by atoms with E-state index in [1.165, 1.54) is 12.1 Å². The molecule has 24 heavy (non-hydrogen) atoms. The van der Waals surface area contributed by atoms with Gasteiger partial charge in [0.15, 0.2) is 0 Å². The fourth-order valence-corrected chi connectivity index (χ4v) is 2.90. The third kappa shape index (κ3) is 3.82. The fourth-order valence-electron chi connectivity index (χ4n) is 2.90. The van der Waals surface area contributed by atoms with Crippen LogP contribution in [0.3, 0.4) is 0 Å². The Labute approximate surface area is 139 Å². The second kappa shape index (κ2) is 6.86. The quantitative estimate of drug-likeness (QED) is 0.881. The highest BCUT2D eigenvalue weighted by Gasteiger charge is 2.30. The van der Waals surface area contributed by atoms with Crippen LogP contribution in [-0.4, -0.2) is 40.8 Å². The number of hydrogen-bond acceptors (Lipinski definition) is 2. The van der Waals surface area contributed by atoms with E-state index in [-0.39, 0.29) is 23.7 Å². The van der Waals surface area contributed by atoms with Crippen LogP contribution in [0.1, 0.15) is 28.0 Å². The number of carbonyl (C=O) groups is 2. The first-order valence-corrected chi connectivity index (χ1v) is 7.99. The Morgan fingerprint density at radius 1 is 1.38 bits per heavy atom. The van der Waals surface area contributed by atoms with Crippen LogP contribution in [0.5, 0.6) is 0 Å². The van der Waals surface area contributed by atoms with E-state index >= 15 is 0 Å². The highest BCUT2D eigenvalue weighted by Crippen LogP contribution is 2.14. The standard InChI is InChI=1S/C18H20FN3O2/c1-12-8-16(20-10-12)18(24)21-15-9-17(23)22(11-15)7-6-13-2-4-14(19)5-3-13/h2-5,8,10,15,20H,6-7,9,11H2,1H3,(H,21,24)/t15-/m1/s1. The van der Waals surface area contributed by atoms with Gasteiger partial charge in [-0.05, 0) is 42.7 Å². The number of carbonyl (C=O) groups excluding carboxylic acids is 2. The number of rotatable bonds is 5. The molecule has 0 unspecified atom stereocenters. The van der Waals surface area contributed by atoms with E-state index in [2.05, 4.69) is 10.3 Å². The smallest absolute Gasteiger partial charge is 0.267 e. The summed E-state index contributed by atoms with van der Waals surface area (Å²) >= 11 is 0. The topological polar surface area (TPSA) is 65.2 Å². The number of halogens is 1. The molecule has 126 valence electrons. The van der Waals surface area contributed by atoms with Gasteiger partial charge in [0.1, 0.15) is 11.5 Å². The summed E-state index contributed by atoms with van der Waals surface area (Å²) in [6.45, 7) is 2.98. The summed E-state index contributed by atoms with van der Waals surface area (Å²) in [5, 5.41) is 2.89. The normalized spacial score (nSPS) is 17.3. The second-order valence-electron chi connectivity index (χ2n) is 6.18. The van der Waals surface area contributed by atoms with Crippen molar-refractivity contribution in [3.05, 3.63) is 59.2 Å². The largest absolute Gasteiger partial charge is 0.357 e. The van der Waals surface area contributed by atoms with E-state index in [1.807, 2.05) is 6.92 Å². The number of hydrogen-bond donors (Lipinski definition) is 2. The summed E-state index contributed by atoms with van der Waals surface area (Å²) in [6, 6.07) is 7.89. The third-order valence-electron chi connectivity index (χ3n) is 4.21. The van der Waals surface area contributed by atoms with E-state index < -0.39 is 0 Å². The minimum Gasteiger partial charge on any atom is -0.357 e. The molecule has 2 N–H and O–H groups in total. The van der Waals surface area contributed by atoms with E-state index in [0.29, 0.717) is 31.6 Å². The van der Waals surface area contributed by atoms with E-state index in [4.69, 9.17) is 0 Å². The van der Waals surface area contributed by atoms with Crippen molar-refractivity contribution in [2.75, 3.05) is 13.1 Å². The molecule has 2 heterocycles. The maximum Gasteiger partial charge on any atom is 0.267 e. The number of aromatic amines is 1. The fraction of sp³-hybridized carbons (Fsp3) is 0.333. The Morgan fingerprint density at radius 2 is 2.12 bits per heavy atom. The van der Waals surface area contributed by atoms with Crippen LogP contribution < -0.4 is 5.32 Å². The molecule has 1 aromatic carbocycles. The molecule has 2 amide bonds. The van der Waals surface area contributed by atoms with Crippen LogP contribution in [0.2, 0.25) is 0 Å². The summed E-state index contributed by atoms with van der Waals surface area (Å²) in [5.74, 6) is -0.426. The van der Waals surface area contributed by atoms with Gasteiger partial charge in [0.2, 0.25) is 5.91 Å². The Morgan fingerprint density at radius 3 is 2.79 bits per heavy atom. The van der Waals surface area contributed by atoms with Crippen molar-refractivity contribution in [2.24, 2.45) is 0 Å². The molecular formula is C18H20FN3O2. The highest BCUT2D eigenvalue weighted by atomic mass is 19.1. The van der Waals surface area contributed by atoms with Crippen LogP contribution in [-0.2, 0) is 11.2 Å². The Bertz CT molecular complexity index is 739. The van der Waals surface area contributed by atoms with Crippen molar-refractivity contribution in [2.45, 2.75) is 25.8 Å². The van der Waals surface area contributed by atoms with Crippen LogP contribution in [0, 0.1) is 12.7 Å². The molecule has 3 rings (SSSR count). The average molecular weight is 329 g/mol. The van der Waals surface area contributed by atoms with Crippen LogP contribution in [0.15, 0.2) is 36.5 Å². The zero-order valence-electron chi connectivity index (χ0n) is 13.5. The van der Waals surface area contributed by atoms with Gasteiger partial charge >= 0.3 is 0 Å². The number of nitrogens with one attached hydrogen (secondary N) is 2. The minimum absolute atomic E-state index is 0.0325. The first-order chi connectivity index (χ1) is 11.5. The van der Waals surface area contributed by atoms with Gasteiger partial charge in [-0.25, -0.2) is 4.39 Å². The van der Waals surface area contributed by atoms with Gasteiger partial charge in [0.25, 0.3) is 5.91 Å². The lowest BCUT2D eigenvalue weighted by atomic mass is 10.1. The summed E-state index contributed by atoms with van der Waals surface area (Å²) in [5.41, 5.74) is 2.48. The van der Waals surface area contributed by atoms with Crippen LogP contribution >= 0.6 is 0 Å². The van der Waals surface area contributed by atoms with Crippen molar-refractivity contribution >= 4 is 11.8 Å². The second-order valence-corrected chi connectivity index (χ2v) is 6.18. The maximum atomic E-state index is 12.9. The lowest BCUT2D eigenvalue weighted by Crippen LogP contribution is -2.37. The molecule has 0 saturated carbocycles. The van der Waals surface area contributed by atoms with Gasteiger partial charge in [0.05, 0.1) is 6.04 Å². The molecule has 1 atom stereocenters. The minimum atomic E-state index is -0.265. The van der Waals surface area contributed by atoms with Gasteiger partial charge in [0, 0.05) is 25.7 Å². The lowest BCUT2D eigenvalue weighted by molar-refractivity contribution is -0.127. The number of H-pyrrole nitrogens is 1. The average Bonchev–Trinajstić information content (AvgIpc) is 3.13. The van der Waals surface area contributed by atoms with Gasteiger partial charge in [-0.1, -0.05) is 12.1 Å². The summed E-state index contributed by atoms with van der Waals surface area (Å²) in [4.78, 5) is 28.9. The van der Waals surface area contributed by atoms with Crippen LogP contribution in [0.4, 0.5) is 4.39 Å². The zero-order chi connectivity index (χ0) is 17.1. The number of aromatic nitrogens is 1. The van der Waals surface area contributed by atoms with E-state index in [9.17, 15) is 14.0 Å². The maximum absolute atomic E-state index is 12.9. The van der Waals surface area contributed by atoms with Crippen LogP contribution in [0.25, 0.3) is 0 Å². The number of nitrogens with zero attached hydrogens (tertiary/aromatic N) is 1. The first-order valence-electron chi connectivity index (χ1n) is 7.99. The molecule has 0 spiro atoms. The SMILES string of the molecule is Cc1c[nH]c(C(=O)N[C@@H]2CC(=O)N(CCc3ccc(F)cc3)C2)c1. The molecule has 1 aromatic heterocycles. The number of likely N-dealkylation sites (tertiary alicyclic amines) is 1. The van der Waals surface area contributed by atoms with Crippen molar-refractivity contribution in [3.63, 3.8) is 0 Å². The Balaban J connectivity index is 1.51. The lowest BCUT2D eigenvalue weighted by Gasteiger charge is -2.17. The summed E-state index contributed by atoms with van der Waals surface area (Å²) in [6.07, 6.45) is 2.75. The molecule has 6 heteroatoms. The molecule has 0 aliphatic carbocycles. The molecule has 5 nitrogen and oxygen atoms in total. The van der Waals surface area contributed by atoms with Crippen molar-refractivity contribution in [1.82, 2.24) is 15.2 Å². The molecule has 1 aliphatic rings. The van der Waals surface area contributed by atoms with Crippen molar-refractivity contribution in [3.8, 4) is 0 Å². The molecule has 0 bridgehead atoms.